The van der Waals surface area contributed by atoms with Gasteiger partial charge in [0.25, 0.3) is 0 Å². The summed E-state index contributed by atoms with van der Waals surface area (Å²) < 4.78 is 18.3. The van der Waals surface area contributed by atoms with Gasteiger partial charge in [-0.25, -0.2) is 9.18 Å². The predicted octanol–water partition coefficient (Wildman–Crippen LogP) is 2.41. The van der Waals surface area contributed by atoms with Gasteiger partial charge in [0.2, 0.25) is 0 Å². The lowest BCUT2D eigenvalue weighted by molar-refractivity contribution is 0.0535. The summed E-state index contributed by atoms with van der Waals surface area (Å²) >= 11 is 0. The molecule has 2 N–H and O–H groups in total. The molecule has 0 aliphatic heterocycles. The van der Waals surface area contributed by atoms with Crippen molar-refractivity contribution in [1.29, 1.82) is 0 Å². The molecule has 0 heterocycles. The van der Waals surface area contributed by atoms with Crippen LogP contribution in [0.4, 0.5) is 9.18 Å². The van der Waals surface area contributed by atoms with Crippen LogP contribution in [0.25, 0.3) is 0 Å². The summed E-state index contributed by atoms with van der Waals surface area (Å²) in [4.78, 5) is 11.3. The van der Waals surface area contributed by atoms with Crippen LogP contribution in [0.5, 0.6) is 5.75 Å². The number of hydrogen-bond donors (Lipinski definition) is 2. The number of benzene rings is 1. The highest BCUT2D eigenvalue weighted by atomic mass is 19.1. The topological polar surface area (TPSA) is 58.6 Å². The second kappa shape index (κ2) is 6.10. The quantitative estimate of drug-likeness (QED) is 0.767. The maximum atomic E-state index is 13.3. The van der Waals surface area contributed by atoms with Crippen LogP contribution in [0.2, 0.25) is 0 Å². The van der Waals surface area contributed by atoms with E-state index in [1.165, 1.54) is 18.2 Å². The van der Waals surface area contributed by atoms with E-state index in [1.807, 2.05) is 0 Å². The molecule has 102 valence electrons. The number of rotatable bonds is 1. The number of alkyl carbamates (subject to hydrolysis) is 1. The number of phenols is 1. The molecule has 5 heteroatoms. The Kier molecular flexibility index (Phi) is 4.76. The van der Waals surface area contributed by atoms with Crippen molar-refractivity contribution in [3.05, 3.63) is 29.6 Å². The molecule has 1 rings (SSSR count). The fourth-order valence-corrected chi connectivity index (χ4v) is 1.20. The number of carbonyl (C=O) groups is 1. The van der Waals surface area contributed by atoms with Gasteiger partial charge in [0.1, 0.15) is 22.7 Å². The molecule has 0 aromatic heterocycles. The molecule has 0 spiro atoms. The van der Waals surface area contributed by atoms with E-state index in [2.05, 4.69) is 17.2 Å². The minimum Gasteiger partial charge on any atom is -0.507 e. The number of halogens is 1. The summed E-state index contributed by atoms with van der Waals surface area (Å²) in [5.74, 6) is 4.15. The number of aromatic hydroxyl groups is 1. The summed E-state index contributed by atoms with van der Waals surface area (Å²) in [6, 6.07) is 3.92. The molecule has 19 heavy (non-hydrogen) atoms. The average Bonchev–Trinajstić information content (AvgIpc) is 2.25. The van der Waals surface area contributed by atoms with Crippen LogP contribution < -0.4 is 5.32 Å². The zero-order valence-corrected chi connectivity index (χ0v) is 11.1. The number of hydrogen-bond acceptors (Lipinski definition) is 3. The van der Waals surface area contributed by atoms with E-state index >= 15 is 0 Å². The van der Waals surface area contributed by atoms with Crippen molar-refractivity contribution in [3.8, 4) is 17.6 Å². The third kappa shape index (κ3) is 5.30. The number of nitrogens with one attached hydrogen (secondary N) is 1. The van der Waals surface area contributed by atoms with Crippen molar-refractivity contribution in [1.82, 2.24) is 5.32 Å². The average molecular weight is 265 g/mol. The second-order valence-corrected chi connectivity index (χ2v) is 4.79. The normalized spacial score (nSPS) is 10.3. The monoisotopic (exact) mass is 265 g/mol. The number of amides is 1. The number of phenolic OH excluding ortho intramolecular Hbond substituents is 1. The Balaban J connectivity index is 2.55. The molecule has 0 unspecified atom stereocenters. The minimum atomic E-state index is -0.607. The first kappa shape index (κ1) is 14.8. The van der Waals surface area contributed by atoms with Crippen LogP contribution in [-0.2, 0) is 4.74 Å². The first-order valence-electron chi connectivity index (χ1n) is 5.73. The molecule has 1 amide bonds. The highest BCUT2D eigenvalue weighted by molar-refractivity contribution is 5.68. The Bertz CT molecular complexity index is 503. The van der Waals surface area contributed by atoms with E-state index in [0.717, 1.165) is 0 Å². The van der Waals surface area contributed by atoms with E-state index in [1.54, 1.807) is 20.8 Å². The maximum absolute atomic E-state index is 13.3. The summed E-state index contributed by atoms with van der Waals surface area (Å²) in [5, 5.41) is 11.8. The van der Waals surface area contributed by atoms with Crippen LogP contribution >= 0.6 is 0 Å². The van der Waals surface area contributed by atoms with Gasteiger partial charge in [0.15, 0.2) is 0 Å². The molecular weight excluding hydrogens is 249 g/mol. The summed E-state index contributed by atoms with van der Waals surface area (Å²) in [6.07, 6.45) is -0.598. The molecule has 0 fully saturated rings. The minimum absolute atomic E-state index is 0.00267. The van der Waals surface area contributed by atoms with E-state index < -0.39 is 17.5 Å². The molecule has 1 aromatic rings. The van der Waals surface area contributed by atoms with Crippen LogP contribution in [-0.4, -0.2) is 23.3 Å². The molecule has 0 saturated heterocycles. The zero-order chi connectivity index (χ0) is 14.5. The molecule has 0 atom stereocenters. The van der Waals surface area contributed by atoms with Crippen LogP contribution in [0, 0.1) is 17.7 Å². The van der Waals surface area contributed by atoms with E-state index in [0.29, 0.717) is 0 Å². The van der Waals surface area contributed by atoms with Crippen LogP contribution in [0.1, 0.15) is 26.3 Å². The van der Waals surface area contributed by atoms with Gasteiger partial charge in [0, 0.05) is 0 Å². The molecule has 0 bridgehead atoms. The molecule has 0 saturated carbocycles. The molecular formula is C14H16FNO3. The van der Waals surface area contributed by atoms with Gasteiger partial charge in [-0.3, -0.25) is 0 Å². The van der Waals surface area contributed by atoms with Gasteiger partial charge >= 0.3 is 6.09 Å². The molecule has 0 aliphatic rings. The number of ether oxygens (including phenoxy) is 1. The third-order valence-corrected chi connectivity index (χ3v) is 1.93. The summed E-state index contributed by atoms with van der Waals surface area (Å²) in [7, 11) is 0. The van der Waals surface area contributed by atoms with Gasteiger partial charge in [-0.2, -0.15) is 0 Å². The molecule has 1 aromatic carbocycles. The summed E-state index contributed by atoms with van der Waals surface area (Å²) in [6.45, 7) is 5.24. The van der Waals surface area contributed by atoms with Crippen molar-refractivity contribution < 1.29 is 19.0 Å². The molecule has 4 nitrogen and oxygen atoms in total. The third-order valence-electron chi connectivity index (χ3n) is 1.93. The van der Waals surface area contributed by atoms with Crippen molar-refractivity contribution in [2.24, 2.45) is 0 Å². The maximum Gasteiger partial charge on any atom is 0.408 e. The Morgan fingerprint density at radius 3 is 2.74 bits per heavy atom. The second-order valence-electron chi connectivity index (χ2n) is 4.79. The fraction of sp³-hybridized carbons (Fsp3) is 0.357. The Morgan fingerprint density at radius 1 is 1.47 bits per heavy atom. The predicted molar refractivity (Wildman–Crippen MR) is 69.2 cm³/mol. The first-order valence-corrected chi connectivity index (χ1v) is 5.73. The largest absolute Gasteiger partial charge is 0.507 e. The summed E-state index contributed by atoms with van der Waals surface area (Å²) in [5.41, 5.74) is -0.671. The smallest absolute Gasteiger partial charge is 0.408 e. The van der Waals surface area contributed by atoms with Crippen molar-refractivity contribution in [2.45, 2.75) is 26.4 Å². The van der Waals surface area contributed by atoms with Gasteiger partial charge in [-0.05, 0) is 32.9 Å². The standard InChI is InChI=1S/C14H16FNO3/c1-14(2,3)19-13(18)16-9-5-6-10-11(15)7-4-8-12(10)17/h4,7-8,17H,9H2,1-3H3,(H,16,18). The molecule has 0 radical (unpaired) electrons. The van der Waals surface area contributed by atoms with Gasteiger partial charge in [-0.1, -0.05) is 17.9 Å². The zero-order valence-electron chi connectivity index (χ0n) is 11.1. The van der Waals surface area contributed by atoms with Crippen LogP contribution in [0.3, 0.4) is 0 Å². The van der Waals surface area contributed by atoms with E-state index in [4.69, 9.17) is 4.74 Å². The lowest BCUT2D eigenvalue weighted by atomic mass is 10.2. The Morgan fingerprint density at radius 2 is 2.16 bits per heavy atom. The van der Waals surface area contributed by atoms with Crippen molar-refractivity contribution in [2.75, 3.05) is 6.54 Å². The van der Waals surface area contributed by atoms with E-state index in [9.17, 15) is 14.3 Å². The van der Waals surface area contributed by atoms with Gasteiger partial charge in [0.05, 0.1) is 6.54 Å². The molecule has 0 aliphatic carbocycles. The van der Waals surface area contributed by atoms with Gasteiger partial charge in [-0.15, -0.1) is 0 Å². The van der Waals surface area contributed by atoms with Crippen LogP contribution in [0.15, 0.2) is 18.2 Å². The Labute approximate surface area is 111 Å². The lowest BCUT2D eigenvalue weighted by Crippen LogP contribution is -2.32. The highest BCUT2D eigenvalue weighted by Crippen LogP contribution is 2.17. The number of carbonyl (C=O) groups excluding carboxylic acids is 1. The fourth-order valence-electron chi connectivity index (χ4n) is 1.20. The van der Waals surface area contributed by atoms with Gasteiger partial charge < -0.3 is 15.2 Å². The SMILES string of the molecule is CC(C)(C)OC(=O)NCC#Cc1c(O)cccc1F. The van der Waals surface area contributed by atoms with E-state index in [-0.39, 0.29) is 17.9 Å². The first-order chi connectivity index (χ1) is 8.79. The van der Waals surface area contributed by atoms with Crippen molar-refractivity contribution >= 4 is 6.09 Å². The van der Waals surface area contributed by atoms with Crippen molar-refractivity contribution in [3.63, 3.8) is 0 Å². The Hall–Kier alpha value is -2.22. The lowest BCUT2D eigenvalue weighted by Gasteiger charge is -2.18. The highest BCUT2D eigenvalue weighted by Gasteiger charge is 2.15.